The number of rotatable bonds is 4. The fourth-order valence-corrected chi connectivity index (χ4v) is 6.40. The van der Waals surface area contributed by atoms with Crippen molar-refractivity contribution >= 4 is 31.6 Å². The van der Waals surface area contributed by atoms with E-state index in [0.29, 0.717) is 4.31 Å². The first-order valence-electron chi connectivity index (χ1n) is 8.01. The predicted molar refractivity (Wildman–Crippen MR) is 93.0 cm³/mol. The van der Waals surface area contributed by atoms with Crippen molar-refractivity contribution in [3.05, 3.63) is 18.2 Å². The minimum atomic E-state index is -3.93. The molecule has 2 fully saturated rings. The molecule has 1 atom stereocenters. The second-order valence-electron chi connectivity index (χ2n) is 6.13. The molecule has 0 unspecified atom stereocenters. The average Bonchev–Trinajstić information content (AvgIpc) is 2.82. The van der Waals surface area contributed by atoms with E-state index in [9.17, 15) is 21.6 Å². The lowest BCUT2D eigenvalue weighted by Gasteiger charge is -2.27. The summed E-state index contributed by atoms with van der Waals surface area (Å²) in [6.45, 7) is 2.45. The summed E-state index contributed by atoms with van der Waals surface area (Å²) in [5, 5.41) is 0. The molecule has 9 nitrogen and oxygen atoms in total. The summed E-state index contributed by atoms with van der Waals surface area (Å²) in [6.07, 6.45) is 0. The van der Waals surface area contributed by atoms with Crippen molar-refractivity contribution in [2.45, 2.75) is 11.8 Å². The highest BCUT2D eigenvalue weighted by Crippen LogP contribution is 2.35. The van der Waals surface area contributed by atoms with Crippen molar-refractivity contribution in [2.75, 3.05) is 43.5 Å². The van der Waals surface area contributed by atoms with Gasteiger partial charge in [-0.15, -0.1) is 0 Å². The molecule has 0 saturated carbocycles. The molecule has 11 heteroatoms. The second-order valence-corrected chi connectivity index (χ2v) is 9.90. The number of ether oxygens (including phenoxy) is 2. The SMILES string of the molecule is COc1ccc(N2C(=O)[C@H](C)CS2(=O)=O)cc1S(=O)(=O)N1CCOCC1. The molecule has 0 aliphatic carbocycles. The van der Waals surface area contributed by atoms with Crippen LogP contribution in [0.4, 0.5) is 5.69 Å². The van der Waals surface area contributed by atoms with Crippen molar-refractivity contribution in [1.82, 2.24) is 4.31 Å². The second kappa shape index (κ2) is 6.80. The van der Waals surface area contributed by atoms with Crippen LogP contribution >= 0.6 is 0 Å². The van der Waals surface area contributed by atoms with Crippen LogP contribution in [0.2, 0.25) is 0 Å². The number of methoxy groups -OCH3 is 1. The third-order valence-electron chi connectivity index (χ3n) is 4.33. The lowest BCUT2D eigenvalue weighted by molar-refractivity contribution is -0.119. The monoisotopic (exact) mass is 404 g/mol. The van der Waals surface area contributed by atoms with Crippen LogP contribution in [0.1, 0.15) is 6.92 Å². The molecule has 2 aliphatic rings. The molecule has 2 saturated heterocycles. The highest BCUT2D eigenvalue weighted by atomic mass is 32.2. The molecule has 0 radical (unpaired) electrons. The van der Waals surface area contributed by atoms with Crippen LogP contribution < -0.4 is 9.04 Å². The zero-order valence-corrected chi connectivity index (χ0v) is 16.0. The number of benzene rings is 1. The van der Waals surface area contributed by atoms with E-state index in [-0.39, 0.29) is 48.4 Å². The Morgan fingerprint density at radius 3 is 2.42 bits per heavy atom. The van der Waals surface area contributed by atoms with Gasteiger partial charge in [-0.1, -0.05) is 6.92 Å². The number of hydrogen-bond acceptors (Lipinski definition) is 7. The van der Waals surface area contributed by atoms with Gasteiger partial charge in [-0.3, -0.25) is 4.79 Å². The number of morpholine rings is 1. The highest BCUT2D eigenvalue weighted by molar-refractivity contribution is 7.94. The lowest BCUT2D eigenvalue weighted by Crippen LogP contribution is -2.40. The van der Waals surface area contributed by atoms with Crippen LogP contribution in [0.15, 0.2) is 23.1 Å². The maximum atomic E-state index is 13.0. The first-order valence-corrected chi connectivity index (χ1v) is 11.1. The minimum absolute atomic E-state index is 0.00742. The van der Waals surface area contributed by atoms with E-state index in [2.05, 4.69) is 0 Å². The molecule has 1 aromatic carbocycles. The number of amides is 1. The molecule has 3 rings (SSSR count). The first-order chi connectivity index (χ1) is 12.2. The Morgan fingerprint density at radius 1 is 1.23 bits per heavy atom. The van der Waals surface area contributed by atoms with Gasteiger partial charge in [0.05, 0.1) is 37.7 Å². The maximum absolute atomic E-state index is 13.0. The Kier molecular flexibility index (Phi) is 4.99. The summed E-state index contributed by atoms with van der Waals surface area (Å²) in [5.74, 6) is -1.48. The maximum Gasteiger partial charge on any atom is 0.246 e. The molecule has 1 aromatic rings. The summed E-state index contributed by atoms with van der Waals surface area (Å²) in [7, 11) is -6.43. The predicted octanol–water partition coefficient (Wildman–Crippen LogP) is 0.0286. The van der Waals surface area contributed by atoms with Gasteiger partial charge in [-0.2, -0.15) is 4.31 Å². The average molecular weight is 404 g/mol. The summed E-state index contributed by atoms with van der Waals surface area (Å²) in [4.78, 5) is 12.1. The topological polar surface area (TPSA) is 110 Å². The van der Waals surface area contributed by atoms with Gasteiger partial charge in [-0.25, -0.2) is 21.1 Å². The van der Waals surface area contributed by atoms with Gasteiger partial charge < -0.3 is 9.47 Å². The highest BCUT2D eigenvalue weighted by Gasteiger charge is 2.42. The van der Waals surface area contributed by atoms with Crippen molar-refractivity contribution < 1.29 is 31.1 Å². The van der Waals surface area contributed by atoms with Crippen molar-refractivity contribution in [1.29, 1.82) is 0 Å². The molecule has 0 bridgehead atoms. The van der Waals surface area contributed by atoms with E-state index in [0.717, 1.165) is 0 Å². The molecule has 2 aliphatic heterocycles. The van der Waals surface area contributed by atoms with E-state index < -0.39 is 31.9 Å². The van der Waals surface area contributed by atoms with E-state index in [4.69, 9.17) is 9.47 Å². The van der Waals surface area contributed by atoms with Crippen LogP contribution in [-0.4, -0.2) is 66.2 Å². The molecule has 144 valence electrons. The number of nitrogens with zero attached hydrogens (tertiary/aromatic N) is 2. The summed E-state index contributed by atoms with van der Waals surface area (Å²) < 4.78 is 62.8. The van der Waals surface area contributed by atoms with Crippen molar-refractivity contribution in [3.8, 4) is 5.75 Å². The zero-order chi connectivity index (χ0) is 19.1. The van der Waals surface area contributed by atoms with Gasteiger partial charge in [-0.05, 0) is 18.2 Å². The van der Waals surface area contributed by atoms with Crippen LogP contribution in [0.25, 0.3) is 0 Å². The fraction of sp³-hybridized carbons (Fsp3) is 0.533. The zero-order valence-electron chi connectivity index (χ0n) is 14.4. The number of sulfonamides is 2. The first kappa shape index (κ1) is 19.1. The van der Waals surface area contributed by atoms with Gasteiger partial charge in [0.15, 0.2) is 0 Å². The molecule has 0 N–H and O–H groups in total. The summed E-state index contributed by atoms with van der Waals surface area (Å²) in [6, 6.07) is 3.90. The Balaban J connectivity index is 2.09. The summed E-state index contributed by atoms with van der Waals surface area (Å²) >= 11 is 0. The van der Waals surface area contributed by atoms with Crippen molar-refractivity contribution in [3.63, 3.8) is 0 Å². The van der Waals surface area contributed by atoms with Crippen LogP contribution in [0.5, 0.6) is 5.75 Å². The van der Waals surface area contributed by atoms with Crippen LogP contribution in [0.3, 0.4) is 0 Å². The smallest absolute Gasteiger partial charge is 0.246 e. The Labute approximate surface area is 152 Å². The molecule has 26 heavy (non-hydrogen) atoms. The lowest BCUT2D eigenvalue weighted by atomic mass is 10.2. The molecule has 2 heterocycles. The molecular weight excluding hydrogens is 384 g/mol. The number of carbonyl (C=O) groups is 1. The largest absolute Gasteiger partial charge is 0.495 e. The third kappa shape index (κ3) is 3.20. The Morgan fingerprint density at radius 2 is 1.88 bits per heavy atom. The Hall–Kier alpha value is -1.69. The van der Waals surface area contributed by atoms with Crippen LogP contribution in [-0.2, 0) is 29.6 Å². The van der Waals surface area contributed by atoms with E-state index in [1.807, 2.05) is 0 Å². The molecule has 0 spiro atoms. The fourth-order valence-electron chi connectivity index (χ4n) is 3.01. The number of carbonyl (C=O) groups excluding carboxylic acids is 1. The number of hydrogen-bond donors (Lipinski definition) is 0. The normalized spacial score (nSPS) is 24.0. The van der Waals surface area contributed by atoms with Gasteiger partial charge in [0, 0.05) is 13.1 Å². The van der Waals surface area contributed by atoms with Gasteiger partial charge in [0.2, 0.25) is 26.0 Å². The van der Waals surface area contributed by atoms with Gasteiger partial charge >= 0.3 is 0 Å². The van der Waals surface area contributed by atoms with Gasteiger partial charge in [0.25, 0.3) is 0 Å². The molecule has 0 aromatic heterocycles. The summed E-state index contributed by atoms with van der Waals surface area (Å²) in [5.41, 5.74) is -0.00742. The standard InChI is InChI=1S/C15H20N2O7S2/c1-11-10-25(19,20)17(15(11)18)12-3-4-13(23-2)14(9-12)26(21,22)16-5-7-24-8-6-16/h3-4,9,11H,5-8,10H2,1-2H3/t11-/m1/s1. The Bertz CT molecular complexity index is 921. The third-order valence-corrected chi connectivity index (χ3v) is 8.12. The van der Waals surface area contributed by atoms with E-state index in [1.165, 1.54) is 36.5 Å². The molecule has 1 amide bonds. The number of anilines is 1. The van der Waals surface area contributed by atoms with E-state index >= 15 is 0 Å². The van der Waals surface area contributed by atoms with E-state index in [1.54, 1.807) is 0 Å². The molecular formula is C15H20N2O7S2. The quantitative estimate of drug-likeness (QED) is 0.696. The van der Waals surface area contributed by atoms with Gasteiger partial charge in [0.1, 0.15) is 10.6 Å². The van der Waals surface area contributed by atoms with Crippen LogP contribution in [0, 0.1) is 5.92 Å². The van der Waals surface area contributed by atoms with Crippen molar-refractivity contribution in [2.24, 2.45) is 5.92 Å². The minimum Gasteiger partial charge on any atom is -0.495 e.